The molecule has 0 aliphatic carbocycles. The second kappa shape index (κ2) is 11.4. The van der Waals surface area contributed by atoms with Crippen LogP contribution < -0.4 is 9.80 Å². The number of methoxy groups -OCH3 is 1. The zero-order valence-electron chi connectivity index (χ0n) is 23.1. The van der Waals surface area contributed by atoms with E-state index in [2.05, 4.69) is 4.99 Å². The fourth-order valence-electron chi connectivity index (χ4n) is 5.49. The second-order valence-corrected chi connectivity index (χ2v) is 10.3. The number of benzene rings is 3. The molecule has 2 aliphatic heterocycles. The maximum Gasteiger partial charge on any atom is 0.416 e. The van der Waals surface area contributed by atoms with E-state index < -0.39 is 47.3 Å². The van der Waals surface area contributed by atoms with E-state index in [4.69, 9.17) is 4.74 Å². The Kier molecular flexibility index (Phi) is 8.01. The number of guanidine groups is 1. The SMILES string of the molecule is COC(=O)CC1c2cccc(F)c2N=C(N2CCN(c3cccc(C(F)(F)F)c3)CC2C)N1c1cccc(C(F)(F)F)c1. The number of rotatable bonds is 4. The number of alkyl halides is 6. The van der Waals surface area contributed by atoms with Gasteiger partial charge in [0.15, 0.2) is 0 Å². The van der Waals surface area contributed by atoms with Crippen LogP contribution in [0, 0.1) is 5.82 Å². The smallest absolute Gasteiger partial charge is 0.416 e. The second-order valence-electron chi connectivity index (χ2n) is 10.3. The molecule has 2 heterocycles. The van der Waals surface area contributed by atoms with Gasteiger partial charge in [-0.05, 0) is 49.4 Å². The van der Waals surface area contributed by atoms with E-state index in [-0.39, 0.29) is 43.4 Å². The van der Waals surface area contributed by atoms with Crippen molar-refractivity contribution in [3.63, 3.8) is 0 Å². The topological polar surface area (TPSA) is 48.4 Å². The Morgan fingerprint density at radius 3 is 2.12 bits per heavy atom. The number of piperazine rings is 1. The minimum Gasteiger partial charge on any atom is -0.469 e. The molecule has 3 aromatic rings. The lowest BCUT2D eigenvalue weighted by molar-refractivity contribution is -0.141. The molecular weight excluding hydrogens is 581 g/mol. The van der Waals surface area contributed by atoms with Crippen molar-refractivity contribution in [2.24, 2.45) is 4.99 Å². The first kappa shape index (κ1) is 30.2. The zero-order valence-corrected chi connectivity index (χ0v) is 23.1. The van der Waals surface area contributed by atoms with Gasteiger partial charge in [0.05, 0.1) is 30.7 Å². The quantitative estimate of drug-likeness (QED) is 0.232. The highest BCUT2D eigenvalue weighted by Gasteiger charge is 2.41. The average molecular weight is 609 g/mol. The molecule has 13 heteroatoms. The van der Waals surface area contributed by atoms with E-state index >= 15 is 4.39 Å². The van der Waals surface area contributed by atoms with Crippen molar-refractivity contribution >= 4 is 29.0 Å². The summed E-state index contributed by atoms with van der Waals surface area (Å²) in [7, 11) is 1.18. The zero-order chi connectivity index (χ0) is 31.1. The minimum atomic E-state index is -4.66. The first-order valence-corrected chi connectivity index (χ1v) is 13.4. The summed E-state index contributed by atoms with van der Waals surface area (Å²) in [4.78, 5) is 22.2. The van der Waals surface area contributed by atoms with Gasteiger partial charge in [-0.3, -0.25) is 4.79 Å². The molecule has 1 saturated heterocycles. The lowest BCUT2D eigenvalue weighted by atomic mass is 9.96. The number of ether oxygens (including phenoxy) is 1. The van der Waals surface area contributed by atoms with Crippen LogP contribution in [0.4, 0.5) is 47.8 Å². The number of nitrogens with zero attached hydrogens (tertiary/aromatic N) is 4. The predicted molar refractivity (Wildman–Crippen MR) is 147 cm³/mol. The lowest BCUT2D eigenvalue weighted by Gasteiger charge is -2.48. The van der Waals surface area contributed by atoms with E-state index in [0.717, 1.165) is 24.3 Å². The summed E-state index contributed by atoms with van der Waals surface area (Å²) in [5, 5.41) is 0. The van der Waals surface area contributed by atoms with Crippen molar-refractivity contribution < 1.29 is 40.3 Å². The molecule has 0 bridgehead atoms. The molecule has 5 rings (SSSR count). The Bertz CT molecular complexity index is 1540. The van der Waals surface area contributed by atoms with Crippen LogP contribution in [0.15, 0.2) is 71.7 Å². The van der Waals surface area contributed by atoms with Gasteiger partial charge in [0, 0.05) is 42.6 Å². The molecule has 0 saturated carbocycles. The summed E-state index contributed by atoms with van der Waals surface area (Å²) >= 11 is 0. The third kappa shape index (κ3) is 6.11. The number of fused-ring (bicyclic) bond motifs is 1. The van der Waals surface area contributed by atoms with Gasteiger partial charge in [0.1, 0.15) is 11.5 Å². The normalized spacial score (nSPS) is 19.2. The van der Waals surface area contributed by atoms with Crippen LogP contribution in [0.3, 0.4) is 0 Å². The number of hydrogen-bond acceptors (Lipinski definition) is 6. The fourth-order valence-corrected chi connectivity index (χ4v) is 5.49. The van der Waals surface area contributed by atoms with E-state index in [9.17, 15) is 31.1 Å². The summed E-state index contributed by atoms with van der Waals surface area (Å²) in [6, 6.07) is 12.3. The number of hydrogen-bond donors (Lipinski definition) is 0. The molecule has 2 unspecified atom stereocenters. The predicted octanol–water partition coefficient (Wildman–Crippen LogP) is 7.19. The van der Waals surface area contributed by atoms with Gasteiger partial charge in [-0.15, -0.1) is 0 Å². The molecule has 0 radical (unpaired) electrons. The Hall–Kier alpha value is -4.29. The fraction of sp³-hybridized carbons (Fsp3) is 0.333. The summed E-state index contributed by atoms with van der Waals surface area (Å²) in [6.07, 6.45) is -9.49. The molecule has 0 N–H and O–H groups in total. The average Bonchev–Trinajstić information content (AvgIpc) is 2.96. The standard InChI is InChI=1S/C30H27F7N4O2/c1-18-17-39(21-8-3-6-19(14-21)29(32,33)34)12-13-40(18)28-38-27-23(10-5-11-24(27)31)25(16-26(42)43-2)41(28)22-9-4-7-20(15-22)30(35,36)37/h3-11,14-15,18,25H,12-13,16-17H2,1-2H3. The molecule has 0 aromatic heterocycles. The molecule has 2 aliphatic rings. The number of aliphatic imine (C=N–C) groups is 1. The first-order valence-electron chi connectivity index (χ1n) is 13.4. The van der Waals surface area contributed by atoms with Gasteiger partial charge in [0.25, 0.3) is 0 Å². The van der Waals surface area contributed by atoms with Gasteiger partial charge in [-0.1, -0.05) is 24.3 Å². The number of carbonyl (C=O) groups is 1. The molecular formula is C30H27F7N4O2. The van der Waals surface area contributed by atoms with Crippen molar-refractivity contribution in [3.8, 4) is 0 Å². The van der Waals surface area contributed by atoms with Crippen LogP contribution in [-0.2, 0) is 21.9 Å². The Morgan fingerprint density at radius 2 is 1.51 bits per heavy atom. The van der Waals surface area contributed by atoms with Crippen molar-refractivity contribution in [2.45, 2.75) is 37.8 Å². The monoisotopic (exact) mass is 608 g/mol. The van der Waals surface area contributed by atoms with Gasteiger partial charge in [0.2, 0.25) is 5.96 Å². The van der Waals surface area contributed by atoms with Crippen molar-refractivity contribution in [1.82, 2.24) is 4.90 Å². The van der Waals surface area contributed by atoms with Gasteiger partial charge in [-0.25, -0.2) is 9.38 Å². The molecule has 0 spiro atoms. The number of halogens is 7. The number of carbonyl (C=O) groups excluding carboxylic acids is 1. The van der Waals surface area contributed by atoms with Gasteiger partial charge < -0.3 is 19.4 Å². The molecule has 228 valence electrons. The van der Waals surface area contributed by atoms with Crippen molar-refractivity contribution in [3.05, 3.63) is 89.2 Å². The van der Waals surface area contributed by atoms with Crippen LogP contribution >= 0.6 is 0 Å². The van der Waals surface area contributed by atoms with Crippen molar-refractivity contribution in [1.29, 1.82) is 0 Å². The highest BCUT2D eigenvalue weighted by atomic mass is 19.4. The van der Waals surface area contributed by atoms with Crippen LogP contribution in [0.1, 0.15) is 36.1 Å². The van der Waals surface area contributed by atoms with Crippen LogP contribution in [0.25, 0.3) is 0 Å². The molecule has 6 nitrogen and oxygen atoms in total. The van der Waals surface area contributed by atoms with Crippen LogP contribution in [0.2, 0.25) is 0 Å². The van der Waals surface area contributed by atoms with Crippen LogP contribution in [0.5, 0.6) is 0 Å². The number of esters is 1. The Balaban J connectivity index is 1.58. The van der Waals surface area contributed by atoms with E-state index in [1.54, 1.807) is 28.9 Å². The van der Waals surface area contributed by atoms with E-state index in [0.29, 0.717) is 11.3 Å². The summed E-state index contributed by atoms with van der Waals surface area (Å²) in [5.74, 6) is -1.23. The van der Waals surface area contributed by atoms with E-state index in [1.165, 1.54) is 42.3 Å². The molecule has 3 aromatic carbocycles. The van der Waals surface area contributed by atoms with Crippen LogP contribution in [-0.4, -0.2) is 49.6 Å². The molecule has 0 amide bonds. The van der Waals surface area contributed by atoms with Gasteiger partial charge in [-0.2, -0.15) is 26.3 Å². The maximum atomic E-state index is 15.2. The molecule has 1 fully saturated rings. The summed E-state index contributed by atoms with van der Waals surface area (Å²) in [6.45, 7) is 2.47. The summed E-state index contributed by atoms with van der Waals surface area (Å²) < 4.78 is 101. The molecule has 2 atom stereocenters. The van der Waals surface area contributed by atoms with E-state index in [1.807, 2.05) is 0 Å². The highest BCUT2D eigenvalue weighted by Crippen LogP contribution is 2.43. The lowest BCUT2D eigenvalue weighted by Crippen LogP contribution is -2.59. The number of para-hydroxylation sites is 1. The van der Waals surface area contributed by atoms with Gasteiger partial charge >= 0.3 is 18.3 Å². The highest BCUT2D eigenvalue weighted by molar-refractivity contribution is 6.01. The third-order valence-corrected chi connectivity index (χ3v) is 7.58. The Morgan fingerprint density at radius 1 is 0.907 bits per heavy atom. The molecule has 43 heavy (non-hydrogen) atoms. The minimum absolute atomic E-state index is 0.0536. The Labute approximate surface area is 243 Å². The first-order chi connectivity index (χ1) is 20.3. The largest absolute Gasteiger partial charge is 0.469 e. The maximum absolute atomic E-state index is 15.2. The van der Waals surface area contributed by atoms with Crippen molar-refractivity contribution in [2.75, 3.05) is 36.5 Å². The summed E-state index contributed by atoms with van der Waals surface area (Å²) in [5.41, 5.74) is -1.03. The third-order valence-electron chi connectivity index (χ3n) is 7.58. The number of anilines is 2.